The standard InChI is InChI=1S/C11H9BrFNS/c12-9-5-7(1-2-10(9)13)11(14)8-3-4-15-6-8/h1-6,11H,14H2. The molecule has 0 bridgehead atoms. The first kappa shape index (κ1) is 10.8. The van der Waals surface area contributed by atoms with Gasteiger partial charge < -0.3 is 5.73 Å². The van der Waals surface area contributed by atoms with Gasteiger partial charge in [0.15, 0.2) is 0 Å². The summed E-state index contributed by atoms with van der Waals surface area (Å²) in [5.41, 5.74) is 8.00. The van der Waals surface area contributed by atoms with Crippen molar-refractivity contribution in [3.63, 3.8) is 0 Å². The van der Waals surface area contributed by atoms with Crippen molar-refractivity contribution in [3.05, 3.63) is 56.4 Å². The molecule has 0 fully saturated rings. The van der Waals surface area contributed by atoms with E-state index in [0.29, 0.717) is 4.47 Å². The highest BCUT2D eigenvalue weighted by atomic mass is 79.9. The molecule has 0 spiro atoms. The number of nitrogens with two attached hydrogens (primary N) is 1. The van der Waals surface area contributed by atoms with Crippen LogP contribution in [0.2, 0.25) is 0 Å². The Balaban J connectivity index is 2.34. The van der Waals surface area contributed by atoms with E-state index in [1.807, 2.05) is 16.8 Å². The molecule has 0 amide bonds. The van der Waals surface area contributed by atoms with Crippen LogP contribution >= 0.6 is 27.3 Å². The molecule has 1 unspecified atom stereocenters. The van der Waals surface area contributed by atoms with Crippen molar-refractivity contribution in [1.82, 2.24) is 0 Å². The molecule has 0 saturated carbocycles. The van der Waals surface area contributed by atoms with Gasteiger partial charge in [0.2, 0.25) is 0 Å². The summed E-state index contributed by atoms with van der Waals surface area (Å²) in [5, 5.41) is 3.98. The molecule has 0 aliphatic carbocycles. The summed E-state index contributed by atoms with van der Waals surface area (Å²) < 4.78 is 13.5. The van der Waals surface area contributed by atoms with E-state index in [-0.39, 0.29) is 11.9 Å². The van der Waals surface area contributed by atoms with Crippen LogP contribution in [0.25, 0.3) is 0 Å². The van der Waals surface area contributed by atoms with Crippen LogP contribution in [0.4, 0.5) is 4.39 Å². The predicted molar refractivity (Wildman–Crippen MR) is 64.4 cm³/mol. The Hall–Kier alpha value is -0.710. The molecule has 1 heterocycles. The maximum Gasteiger partial charge on any atom is 0.137 e. The van der Waals surface area contributed by atoms with E-state index in [4.69, 9.17) is 5.73 Å². The predicted octanol–water partition coefficient (Wildman–Crippen LogP) is 3.70. The lowest BCUT2D eigenvalue weighted by molar-refractivity contribution is 0.619. The summed E-state index contributed by atoms with van der Waals surface area (Å²) >= 11 is 4.75. The minimum absolute atomic E-state index is 0.187. The highest BCUT2D eigenvalue weighted by molar-refractivity contribution is 9.10. The summed E-state index contributed by atoms with van der Waals surface area (Å²) in [6.07, 6.45) is 0. The second-order valence-corrected chi connectivity index (χ2v) is 4.84. The number of rotatable bonds is 2. The molecule has 1 nitrogen and oxygen atoms in total. The van der Waals surface area contributed by atoms with Crippen molar-refractivity contribution < 1.29 is 4.39 Å². The number of hydrogen-bond acceptors (Lipinski definition) is 2. The Morgan fingerprint density at radius 2 is 2.07 bits per heavy atom. The van der Waals surface area contributed by atoms with Gasteiger partial charge >= 0.3 is 0 Å². The molecule has 2 aromatic rings. The first-order valence-electron chi connectivity index (χ1n) is 4.41. The van der Waals surface area contributed by atoms with Gasteiger partial charge in [-0.2, -0.15) is 11.3 Å². The topological polar surface area (TPSA) is 26.0 Å². The molecule has 0 aliphatic heterocycles. The minimum Gasteiger partial charge on any atom is -0.320 e. The summed E-state index contributed by atoms with van der Waals surface area (Å²) in [5.74, 6) is -0.267. The molecule has 1 aromatic carbocycles. The SMILES string of the molecule is NC(c1ccsc1)c1ccc(F)c(Br)c1. The molecular weight excluding hydrogens is 277 g/mol. The Morgan fingerprint density at radius 3 is 2.67 bits per heavy atom. The van der Waals surface area contributed by atoms with Crippen LogP contribution in [-0.2, 0) is 0 Å². The second kappa shape index (κ2) is 4.43. The molecule has 1 atom stereocenters. The third-order valence-electron chi connectivity index (χ3n) is 2.21. The first-order chi connectivity index (χ1) is 7.18. The maximum absolute atomic E-state index is 13.0. The fraction of sp³-hybridized carbons (Fsp3) is 0.0909. The van der Waals surface area contributed by atoms with Gasteiger partial charge in [-0.05, 0) is 56.0 Å². The number of hydrogen-bond donors (Lipinski definition) is 1. The molecule has 0 radical (unpaired) electrons. The monoisotopic (exact) mass is 285 g/mol. The summed E-state index contributed by atoms with van der Waals surface area (Å²) in [4.78, 5) is 0. The Morgan fingerprint density at radius 1 is 1.27 bits per heavy atom. The average Bonchev–Trinajstić information content (AvgIpc) is 2.74. The molecule has 78 valence electrons. The van der Waals surface area contributed by atoms with Gasteiger partial charge in [0.05, 0.1) is 10.5 Å². The van der Waals surface area contributed by atoms with E-state index in [1.54, 1.807) is 23.5 Å². The minimum atomic E-state index is -0.267. The van der Waals surface area contributed by atoms with Gasteiger partial charge in [-0.15, -0.1) is 0 Å². The number of thiophene rings is 1. The molecule has 2 N–H and O–H groups in total. The number of halogens is 2. The van der Waals surface area contributed by atoms with Crippen LogP contribution in [-0.4, -0.2) is 0 Å². The van der Waals surface area contributed by atoms with Crippen molar-refractivity contribution >= 4 is 27.3 Å². The highest BCUT2D eigenvalue weighted by Crippen LogP contribution is 2.25. The van der Waals surface area contributed by atoms with Gasteiger partial charge in [-0.25, -0.2) is 4.39 Å². The zero-order valence-corrected chi connectivity index (χ0v) is 10.2. The van der Waals surface area contributed by atoms with Crippen LogP contribution in [0.3, 0.4) is 0 Å². The van der Waals surface area contributed by atoms with Crippen LogP contribution in [0.1, 0.15) is 17.2 Å². The molecule has 1 aromatic heterocycles. The fourth-order valence-electron chi connectivity index (χ4n) is 1.35. The van der Waals surface area contributed by atoms with E-state index in [1.165, 1.54) is 6.07 Å². The Bertz CT molecular complexity index is 456. The normalized spacial score (nSPS) is 12.7. The third-order valence-corrected chi connectivity index (χ3v) is 3.51. The zero-order valence-electron chi connectivity index (χ0n) is 7.78. The van der Waals surface area contributed by atoms with Gasteiger partial charge in [0.25, 0.3) is 0 Å². The maximum atomic E-state index is 13.0. The average molecular weight is 286 g/mol. The van der Waals surface area contributed by atoms with Crippen LogP contribution in [0, 0.1) is 5.82 Å². The Labute approximate surface area is 99.9 Å². The van der Waals surface area contributed by atoms with Gasteiger partial charge in [-0.3, -0.25) is 0 Å². The van der Waals surface area contributed by atoms with Crippen molar-refractivity contribution in [1.29, 1.82) is 0 Å². The van der Waals surface area contributed by atoms with Crippen molar-refractivity contribution in [2.45, 2.75) is 6.04 Å². The smallest absolute Gasteiger partial charge is 0.137 e. The molecule has 0 saturated heterocycles. The highest BCUT2D eigenvalue weighted by Gasteiger charge is 2.10. The van der Waals surface area contributed by atoms with E-state index in [2.05, 4.69) is 15.9 Å². The number of benzene rings is 1. The molecule has 2 rings (SSSR count). The summed E-state index contributed by atoms with van der Waals surface area (Å²) in [6, 6.07) is 6.64. The molecule has 0 aliphatic rings. The molecule has 4 heteroatoms. The lowest BCUT2D eigenvalue weighted by Gasteiger charge is -2.10. The fourth-order valence-corrected chi connectivity index (χ4v) is 2.44. The molecular formula is C11H9BrFNS. The lowest BCUT2D eigenvalue weighted by Crippen LogP contribution is -2.10. The Kier molecular flexibility index (Phi) is 3.19. The van der Waals surface area contributed by atoms with Crippen molar-refractivity contribution in [2.75, 3.05) is 0 Å². The van der Waals surface area contributed by atoms with Crippen LogP contribution < -0.4 is 5.73 Å². The lowest BCUT2D eigenvalue weighted by atomic mass is 10.0. The summed E-state index contributed by atoms with van der Waals surface area (Å²) in [7, 11) is 0. The van der Waals surface area contributed by atoms with E-state index < -0.39 is 0 Å². The first-order valence-corrected chi connectivity index (χ1v) is 6.14. The zero-order chi connectivity index (χ0) is 10.8. The van der Waals surface area contributed by atoms with Crippen LogP contribution in [0.15, 0.2) is 39.5 Å². The van der Waals surface area contributed by atoms with Crippen molar-refractivity contribution in [2.24, 2.45) is 5.73 Å². The van der Waals surface area contributed by atoms with Gasteiger partial charge in [0.1, 0.15) is 5.82 Å². The summed E-state index contributed by atoms with van der Waals surface area (Å²) in [6.45, 7) is 0. The molecule has 15 heavy (non-hydrogen) atoms. The second-order valence-electron chi connectivity index (χ2n) is 3.21. The van der Waals surface area contributed by atoms with E-state index >= 15 is 0 Å². The van der Waals surface area contributed by atoms with Crippen LogP contribution in [0.5, 0.6) is 0 Å². The largest absolute Gasteiger partial charge is 0.320 e. The van der Waals surface area contributed by atoms with Crippen molar-refractivity contribution in [3.8, 4) is 0 Å². The quantitative estimate of drug-likeness (QED) is 0.895. The van der Waals surface area contributed by atoms with Gasteiger partial charge in [0, 0.05) is 0 Å². The van der Waals surface area contributed by atoms with Gasteiger partial charge in [-0.1, -0.05) is 6.07 Å². The van der Waals surface area contributed by atoms with E-state index in [0.717, 1.165) is 11.1 Å². The van der Waals surface area contributed by atoms with E-state index in [9.17, 15) is 4.39 Å². The third kappa shape index (κ3) is 2.27.